The lowest BCUT2D eigenvalue weighted by atomic mass is 10.0. The lowest BCUT2D eigenvalue weighted by Gasteiger charge is -2.31. The first kappa shape index (κ1) is 16.1. The Morgan fingerprint density at radius 2 is 2.05 bits per heavy atom. The maximum atomic E-state index is 12.0. The van der Waals surface area contributed by atoms with Crippen molar-refractivity contribution in [1.29, 1.82) is 0 Å². The maximum Gasteiger partial charge on any atom is 0.319 e. The van der Waals surface area contributed by atoms with E-state index in [1.807, 2.05) is 12.1 Å². The van der Waals surface area contributed by atoms with Crippen LogP contribution in [0, 0.1) is 5.92 Å². The summed E-state index contributed by atoms with van der Waals surface area (Å²) in [6.07, 6.45) is 2.52. The molecule has 2 amide bonds. The molecular formula is C16H24ClN3O. The number of urea groups is 1. The van der Waals surface area contributed by atoms with Crippen molar-refractivity contribution >= 4 is 23.3 Å². The second-order valence-corrected chi connectivity index (χ2v) is 6.34. The van der Waals surface area contributed by atoms with Crippen molar-refractivity contribution in [2.24, 2.45) is 5.92 Å². The summed E-state index contributed by atoms with van der Waals surface area (Å²) >= 11 is 5.91. The summed E-state index contributed by atoms with van der Waals surface area (Å²) in [5, 5.41) is 6.40. The Morgan fingerprint density at radius 1 is 1.33 bits per heavy atom. The smallest absolute Gasteiger partial charge is 0.319 e. The van der Waals surface area contributed by atoms with E-state index < -0.39 is 0 Å². The van der Waals surface area contributed by atoms with Crippen LogP contribution in [0.25, 0.3) is 0 Å². The number of halogens is 1. The molecule has 0 radical (unpaired) electrons. The molecule has 1 aliphatic rings. The minimum Gasteiger partial charge on any atom is -0.336 e. The van der Waals surface area contributed by atoms with E-state index in [1.165, 1.54) is 12.8 Å². The van der Waals surface area contributed by atoms with Gasteiger partial charge in [0.05, 0.1) is 0 Å². The number of benzene rings is 1. The highest BCUT2D eigenvalue weighted by Crippen LogP contribution is 2.17. The zero-order chi connectivity index (χ0) is 15.2. The molecule has 1 aromatic rings. The molecule has 116 valence electrons. The van der Waals surface area contributed by atoms with Gasteiger partial charge in [0.1, 0.15) is 0 Å². The molecule has 1 fully saturated rings. The van der Waals surface area contributed by atoms with E-state index in [0.717, 1.165) is 13.1 Å². The molecule has 0 spiro atoms. The summed E-state index contributed by atoms with van der Waals surface area (Å²) in [6.45, 7) is 7.37. The monoisotopic (exact) mass is 309 g/mol. The highest BCUT2D eigenvalue weighted by Gasteiger charge is 2.24. The highest BCUT2D eigenvalue weighted by molar-refractivity contribution is 6.30. The molecule has 0 bridgehead atoms. The number of nitrogens with zero attached hydrogens (tertiary/aromatic N) is 1. The minimum atomic E-state index is -0.179. The van der Waals surface area contributed by atoms with Crippen LogP contribution in [0.2, 0.25) is 5.02 Å². The molecule has 2 N–H and O–H groups in total. The molecule has 1 aliphatic heterocycles. The van der Waals surface area contributed by atoms with E-state index >= 15 is 0 Å². The fourth-order valence-electron chi connectivity index (χ4n) is 2.80. The van der Waals surface area contributed by atoms with Gasteiger partial charge in [0.15, 0.2) is 0 Å². The van der Waals surface area contributed by atoms with Crippen LogP contribution in [0.3, 0.4) is 0 Å². The Balaban J connectivity index is 1.84. The van der Waals surface area contributed by atoms with Crippen LogP contribution in [-0.4, -0.2) is 36.6 Å². The van der Waals surface area contributed by atoms with Crippen molar-refractivity contribution in [3.05, 3.63) is 29.3 Å². The third kappa shape index (κ3) is 4.90. The fraction of sp³-hybridized carbons (Fsp3) is 0.562. The normalized spacial score (nSPS) is 17.0. The average Bonchev–Trinajstić information content (AvgIpc) is 2.92. The van der Waals surface area contributed by atoms with Gasteiger partial charge < -0.3 is 10.6 Å². The van der Waals surface area contributed by atoms with Crippen LogP contribution in [0.4, 0.5) is 10.5 Å². The summed E-state index contributed by atoms with van der Waals surface area (Å²) < 4.78 is 0. The van der Waals surface area contributed by atoms with Crippen molar-refractivity contribution in [1.82, 2.24) is 10.2 Å². The van der Waals surface area contributed by atoms with Gasteiger partial charge in [-0.25, -0.2) is 4.79 Å². The number of nitrogens with one attached hydrogen (secondary N) is 2. The number of carbonyl (C=O) groups excluding carboxylic acids is 1. The van der Waals surface area contributed by atoms with E-state index in [-0.39, 0.29) is 6.03 Å². The molecular weight excluding hydrogens is 286 g/mol. The van der Waals surface area contributed by atoms with Crippen LogP contribution in [0.15, 0.2) is 24.3 Å². The summed E-state index contributed by atoms with van der Waals surface area (Å²) in [6, 6.07) is 7.39. The van der Waals surface area contributed by atoms with Gasteiger partial charge in [0.2, 0.25) is 0 Å². The molecule has 1 atom stereocenters. The molecule has 1 heterocycles. The van der Waals surface area contributed by atoms with E-state index in [2.05, 4.69) is 29.4 Å². The molecule has 4 nitrogen and oxygen atoms in total. The van der Waals surface area contributed by atoms with Gasteiger partial charge in [-0.15, -0.1) is 0 Å². The summed E-state index contributed by atoms with van der Waals surface area (Å²) in [7, 11) is 0. The Hall–Kier alpha value is -1.26. The maximum absolute atomic E-state index is 12.0. The van der Waals surface area contributed by atoms with Crippen molar-refractivity contribution in [3.8, 4) is 0 Å². The number of amides is 2. The average molecular weight is 310 g/mol. The lowest BCUT2D eigenvalue weighted by Crippen LogP contribution is -2.46. The number of likely N-dealkylation sites (tertiary alicyclic amines) is 1. The second kappa shape index (κ2) is 7.66. The molecule has 2 rings (SSSR count). The van der Waals surface area contributed by atoms with Crippen LogP contribution >= 0.6 is 11.6 Å². The number of anilines is 1. The first-order chi connectivity index (χ1) is 10.1. The minimum absolute atomic E-state index is 0.179. The SMILES string of the molecule is CC(C)C(CNC(=O)Nc1cccc(Cl)c1)N1CCCC1. The predicted molar refractivity (Wildman–Crippen MR) is 87.9 cm³/mol. The number of hydrogen-bond acceptors (Lipinski definition) is 2. The number of rotatable bonds is 5. The Bertz CT molecular complexity index is 472. The quantitative estimate of drug-likeness (QED) is 0.873. The first-order valence-electron chi connectivity index (χ1n) is 7.60. The van der Waals surface area contributed by atoms with Crippen molar-refractivity contribution in [2.45, 2.75) is 32.7 Å². The van der Waals surface area contributed by atoms with Gasteiger partial charge in [0.25, 0.3) is 0 Å². The standard InChI is InChI=1S/C16H24ClN3O/c1-12(2)15(20-8-3-4-9-20)11-18-16(21)19-14-7-5-6-13(17)10-14/h5-7,10,12,15H,3-4,8-9,11H2,1-2H3,(H2,18,19,21). The van der Waals surface area contributed by atoms with Gasteiger partial charge >= 0.3 is 6.03 Å². The Kier molecular flexibility index (Phi) is 5.88. The van der Waals surface area contributed by atoms with E-state index in [4.69, 9.17) is 11.6 Å². The van der Waals surface area contributed by atoms with Crippen LogP contribution in [0.1, 0.15) is 26.7 Å². The Labute approximate surface area is 131 Å². The van der Waals surface area contributed by atoms with Crippen molar-refractivity contribution < 1.29 is 4.79 Å². The van der Waals surface area contributed by atoms with E-state index in [1.54, 1.807) is 12.1 Å². The fourth-order valence-corrected chi connectivity index (χ4v) is 2.99. The number of hydrogen-bond donors (Lipinski definition) is 2. The van der Waals surface area contributed by atoms with Crippen molar-refractivity contribution in [3.63, 3.8) is 0 Å². The molecule has 0 aromatic heterocycles. The highest BCUT2D eigenvalue weighted by atomic mass is 35.5. The predicted octanol–water partition coefficient (Wildman–Crippen LogP) is 3.58. The summed E-state index contributed by atoms with van der Waals surface area (Å²) in [5.41, 5.74) is 0.710. The van der Waals surface area contributed by atoms with Gasteiger partial charge in [-0.2, -0.15) is 0 Å². The molecule has 1 saturated heterocycles. The summed E-state index contributed by atoms with van der Waals surface area (Å²) in [4.78, 5) is 14.5. The first-order valence-corrected chi connectivity index (χ1v) is 7.98. The van der Waals surface area contributed by atoms with Gasteiger partial charge in [-0.1, -0.05) is 31.5 Å². The second-order valence-electron chi connectivity index (χ2n) is 5.90. The zero-order valence-corrected chi connectivity index (χ0v) is 13.5. The van der Waals surface area contributed by atoms with E-state index in [0.29, 0.717) is 29.2 Å². The topological polar surface area (TPSA) is 44.4 Å². The molecule has 1 aromatic carbocycles. The van der Waals surface area contributed by atoms with Gasteiger partial charge in [0, 0.05) is 23.3 Å². The van der Waals surface area contributed by atoms with Crippen molar-refractivity contribution in [2.75, 3.05) is 25.0 Å². The largest absolute Gasteiger partial charge is 0.336 e. The molecule has 0 aliphatic carbocycles. The van der Waals surface area contributed by atoms with Gasteiger partial charge in [-0.05, 0) is 50.0 Å². The molecule has 21 heavy (non-hydrogen) atoms. The third-order valence-electron chi connectivity index (χ3n) is 3.93. The third-order valence-corrected chi connectivity index (χ3v) is 4.17. The lowest BCUT2D eigenvalue weighted by molar-refractivity contribution is 0.186. The summed E-state index contributed by atoms with van der Waals surface area (Å²) in [5.74, 6) is 0.523. The van der Waals surface area contributed by atoms with Gasteiger partial charge in [-0.3, -0.25) is 4.90 Å². The zero-order valence-electron chi connectivity index (χ0n) is 12.7. The van der Waals surface area contributed by atoms with Crippen LogP contribution in [0.5, 0.6) is 0 Å². The van der Waals surface area contributed by atoms with Crippen LogP contribution in [-0.2, 0) is 0 Å². The molecule has 5 heteroatoms. The molecule has 1 unspecified atom stereocenters. The van der Waals surface area contributed by atoms with E-state index in [9.17, 15) is 4.79 Å². The van der Waals surface area contributed by atoms with Crippen LogP contribution < -0.4 is 10.6 Å². The molecule has 0 saturated carbocycles. The Morgan fingerprint density at radius 3 is 2.67 bits per heavy atom. The number of carbonyl (C=O) groups is 1.